The maximum atomic E-state index is 2.59. The number of benzene rings is 9. The molecule has 1 heteroatoms. The van der Waals surface area contributed by atoms with Gasteiger partial charge < -0.3 is 4.90 Å². The van der Waals surface area contributed by atoms with Crippen molar-refractivity contribution in [1.29, 1.82) is 0 Å². The Kier molecular flexibility index (Phi) is 8.07. The predicted molar refractivity (Wildman–Crippen MR) is 250 cm³/mol. The van der Waals surface area contributed by atoms with Gasteiger partial charge >= 0.3 is 0 Å². The van der Waals surface area contributed by atoms with Crippen LogP contribution in [0.3, 0.4) is 0 Å². The van der Waals surface area contributed by atoms with E-state index in [9.17, 15) is 0 Å². The molecule has 1 unspecified atom stereocenters. The van der Waals surface area contributed by atoms with Gasteiger partial charge in [0.15, 0.2) is 0 Å². The molecule has 0 amide bonds. The number of hydrogen-bond donors (Lipinski definition) is 0. The van der Waals surface area contributed by atoms with E-state index in [1.165, 1.54) is 88.4 Å². The molecule has 284 valence electrons. The molecule has 11 rings (SSSR count). The summed E-state index contributed by atoms with van der Waals surface area (Å²) in [5.74, 6) is 0.219. The van der Waals surface area contributed by atoms with Gasteiger partial charge in [-0.15, -0.1) is 0 Å². The van der Waals surface area contributed by atoms with Crippen LogP contribution < -0.4 is 4.90 Å². The predicted octanol–water partition coefficient (Wildman–Crippen LogP) is 15.4. The summed E-state index contributed by atoms with van der Waals surface area (Å²) in [4.78, 5) is 2.44. The van der Waals surface area contributed by atoms with Crippen LogP contribution in [0.15, 0.2) is 194 Å². The second kappa shape index (κ2) is 13.4. The molecule has 2 aliphatic carbocycles. The number of nitrogens with zero attached hydrogens (tertiary/aromatic N) is 1. The zero-order valence-corrected chi connectivity index (χ0v) is 34.2. The van der Waals surface area contributed by atoms with Gasteiger partial charge in [-0.05, 0) is 126 Å². The molecule has 0 saturated carbocycles. The zero-order chi connectivity index (χ0) is 39.9. The molecule has 0 N–H and O–H groups in total. The first-order valence-corrected chi connectivity index (χ1v) is 21.1. The average Bonchev–Trinajstić information content (AvgIpc) is 3.64. The van der Waals surface area contributed by atoms with E-state index in [1.54, 1.807) is 0 Å². The molecular weight excluding hydrogens is 711 g/mol. The van der Waals surface area contributed by atoms with Crippen LogP contribution in [-0.4, -0.2) is 0 Å². The third-order valence-corrected chi connectivity index (χ3v) is 13.6. The highest BCUT2D eigenvalue weighted by Crippen LogP contribution is 2.60. The normalized spacial score (nSPS) is 14.7. The lowest BCUT2D eigenvalue weighted by atomic mass is 9.77. The van der Waals surface area contributed by atoms with Crippen LogP contribution in [0.4, 0.5) is 17.1 Å². The van der Waals surface area contributed by atoms with E-state index < -0.39 is 0 Å². The number of para-hydroxylation sites is 2. The molecule has 0 radical (unpaired) electrons. The fourth-order valence-corrected chi connectivity index (χ4v) is 10.7. The van der Waals surface area contributed by atoms with Gasteiger partial charge in [-0.25, -0.2) is 0 Å². The van der Waals surface area contributed by atoms with Crippen molar-refractivity contribution in [2.45, 2.75) is 50.9 Å². The number of rotatable bonds is 7. The van der Waals surface area contributed by atoms with Crippen molar-refractivity contribution in [3.63, 3.8) is 0 Å². The lowest BCUT2D eigenvalue weighted by Crippen LogP contribution is -2.18. The van der Waals surface area contributed by atoms with Crippen molar-refractivity contribution in [2.24, 2.45) is 0 Å². The van der Waals surface area contributed by atoms with Crippen molar-refractivity contribution in [3.05, 3.63) is 233 Å². The van der Waals surface area contributed by atoms with Crippen LogP contribution >= 0.6 is 0 Å². The molecule has 2 aliphatic rings. The summed E-state index contributed by atoms with van der Waals surface area (Å²) in [5.41, 5.74) is 18.4. The van der Waals surface area contributed by atoms with Gasteiger partial charge in [0.1, 0.15) is 0 Å². The zero-order valence-electron chi connectivity index (χ0n) is 34.2. The maximum absolute atomic E-state index is 2.59. The van der Waals surface area contributed by atoms with Crippen LogP contribution in [0.2, 0.25) is 0 Å². The first-order chi connectivity index (χ1) is 28.8. The molecule has 0 heterocycles. The van der Waals surface area contributed by atoms with Gasteiger partial charge in [-0.3, -0.25) is 0 Å². The Balaban J connectivity index is 1.13. The summed E-state index contributed by atoms with van der Waals surface area (Å²) >= 11 is 0. The monoisotopic (exact) mass is 757 g/mol. The molecule has 0 spiro atoms. The molecule has 0 bridgehead atoms. The molecule has 1 nitrogen and oxygen atoms in total. The highest BCUT2D eigenvalue weighted by atomic mass is 15.1. The molecule has 9 aromatic rings. The van der Waals surface area contributed by atoms with Crippen molar-refractivity contribution >= 4 is 38.6 Å². The largest absolute Gasteiger partial charge is 0.310 e. The molecule has 59 heavy (non-hydrogen) atoms. The van der Waals surface area contributed by atoms with Gasteiger partial charge in [0.25, 0.3) is 0 Å². The Morgan fingerprint density at radius 2 is 0.831 bits per heavy atom. The quantitative estimate of drug-likeness (QED) is 0.156. The Labute approximate surface area is 348 Å². The SMILES string of the molecule is CC1(C)c2cc3c(cc2-c2c1cc(C(Cc1ccccc1)c1ccccc1)c1ccccc21)C(C)(C)c1cc(N(c2ccccc2)c2ccccc2)c2ccccc2c1-3. The number of anilines is 3. The van der Waals surface area contributed by atoms with Gasteiger partial charge in [-0.2, -0.15) is 0 Å². The summed E-state index contributed by atoms with van der Waals surface area (Å²) in [6.07, 6.45) is 0.946. The van der Waals surface area contributed by atoms with E-state index in [4.69, 9.17) is 0 Å². The van der Waals surface area contributed by atoms with Crippen molar-refractivity contribution in [2.75, 3.05) is 4.90 Å². The van der Waals surface area contributed by atoms with E-state index in [2.05, 4.69) is 227 Å². The molecule has 1 atom stereocenters. The lowest BCUT2D eigenvalue weighted by Gasteiger charge is -2.29. The second-order valence-electron chi connectivity index (χ2n) is 17.7. The minimum absolute atomic E-state index is 0.202. The topological polar surface area (TPSA) is 3.24 Å². The molecule has 0 saturated heterocycles. The standard InChI is InChI=1S/C58H47N/c1-57(2)50-36-49-51(58(3,4)53-37-54(43-30-18-20-32-45(43)56(49)53)59(40-25-13-7-14-26-40)41-27-15-8-16-28-41)35-48(50)55-44-31-19-17-29-42(44)47(34-52(55)57)46(39-23-11-6-12-24-39)33-38-21-9-5-10-22-38/h5-32,34-37,46H,33H2,1-4H3. The summed E-state index contributed by atoms with van der Waals surface area (Å²) in [5, 5.41) is 5.26. The van der Waals surface area contributed by atoms with Gasteiger partial charge in [0, 0.05) is 33.5 Å². The van der Waals surface area contributed by atoms with E-state index in [0.717, 1.165) is 17.8 Å². The van der Waals surface area contributed by atoms with E-state index in [1.807, 2.05) is 0 Å². The minimum Gasteiger partial charge on any atom is -0.310 e. The highest BCUT2D eigenvalue weighted by molar-refractivity contribution is 6.11. The van der Waals surface area contributed by atoms with Gasteiger partial charge in [-0.1, -0.05) is 179 Å². The fourth-order valence-electron chi connectivity index (χ4n) is 10.7. The van der Waals surface area contributed by atoms with E-state index in [0.29, 0.717) is 0 Å². The molecule has 0 fully saturated rings. The van der Waals surface area contributed by atoms with Crippen LogP contribution in [0.25, 0.3) is 43.8 Å². The number of hydrogen-bond acceptors (Lipinski definition) is 1. The smallest absolute Gasteiger partial charge is 0.0543 e. The summed E-state index contributed by atoms with van der Waals surface area (Å²) in [6, 6.07) is 72.3. The molecule has 9 aromatic carbocycles. The van der Waals surface area contributed by atoms with Crippen LogP contribution in [0.5, 0.6) is 0 Å². The van der Waals surface area contributed by atoms with Gasteiger partial charge in [0.05, 0.1) is 5.69 Å². The van der Waals surface area contributed by atoms with E-state index >= 15 is 0 Å². The van der Waals surface area contributed by atoms with E-state index in [-0.39, 0.29) is 16.7 Å². The first kappa shape index (κ1) is 35.5. The first-order valence-electron chi connectivity index (χ1n) is 21.1. The fraction of sp³-hybridized carbons (Fsp3) is 0.138. The van der Waals surface area contributed by atoms with Gasteiger partial charge in [0.2, 0.25) is 0 Å². The second-order valence-corrected chi connectivity index (χ2v) is 17.7. The third-order valence-electron chi connectivity index (χ3n) is 13.6. The summed E-state index contributed by atoms with van der Waals surface area (Å²) in [7, 11) is 0. The average molecular weight is 758 g/mol. The molecular formula is C58H47N. The van der Waals surface area contributed by atoms with Crippen molar-refractivity contribution in [1.82, 2.24) is 0 Å². The Morgan fingerprint density at radius 3 is 1.37 bits per heavy atom. The van der Waals surface area contributed by atoms with Crippen molar-refractivity contribution < 1.29 is 0 Å². The Morgan fingerprint density at radius 1 is 0.407 bits per heavy atom. The van der Waals surface area contributed by atoms with Crippen LogP contribution in [0.1, 0.15) is 72.6 Å². The third kappa shape index (κ3) is 5.45. The maximum Gasteiger partial charge on any atom is 0.0543 e. The lowest BCUT2D eigenvalue weighted by molar-refractivity contribution is 0.651. The highest BCUT2D eigenvalue weighted by Gasteiger charge is 2.44. The summed E-state index contributed by atoms with van der Waals surface area (Å²) < 4.78 is 0. The van der Waals surface area contributed by atoms with Crippen LogP contribution in [0, 0.1) is 0 Å². The van der Waals surface area contributed by atoms with Crippen LogP contribution in [-0.2, 0) is 17.3 Å². The van der Waals surface area contributed by atoms with Crippen molar-refractivity contribution in [3.8, 4) is 22.3 Å². The Bertz CT molecular complexity index is 3010. The Hall–Kier alpha value is -6.70. The summed E-state index contributed by atoms with van der Waals surface area (Å²) in [6.45, 7) is 9.79. The minimum atomic E-state index is -0.228. The molecule has 0 aromatic heterocycles. The number of fused-ring (bicyclic) bond motifs is 10. The molecule has 0 aliphatic heterocycles.